The van der Waals surface area contributed by atoms with E-state index in [-0.39, 0.29) is 5.91 Å². The highest BCUT2D eigenvalue weighted by Crippen LogP contribution is 2.14. The van der Waals surface area contributed by atoms with Crippen LogP contribution in [0, 0.1) is 0 Å². The van der Waals surface area contributed by atoms with E-state index >= 15 is 0 Å². The third kappa shape index (κ3) is 4.00. The first-order valence-corrected chi connectivity index (χ1v) is 5.15. The summed E-state index contributed by atoms with van der Waals surface area (Å²) in [5, 5.41) is 0.510. The molecule has 3 heteroatoms. The summed E-state index contributed by atoms with van der Waals surface area (Å²) in [6, 6.07) is 0. The largest absolute Gasteiger partial charge is 0.343 e. The molecule has 0 aromatic carbocycles. The van der Waals surface area contributed by atoms with Crippen LogP contribution in [0.2, 0.25) is 0 Å². The molecule has 1 saturated heterocycles. The number of nitrogens with zero attached hydrogens (tertiary/aromatic N) is 1. The van der Waals surface area contributed by atoms with E-state index in [1.165, 1.54) is 0 Å². The molecule has 0 unspecified atom stereocenters. The van der Waals surface area contributed by atoms with E-state index in [9.17, 15) is 4.79 Å². The topological polar surface area (TPSA) is 20.3 Å². The fourth-order valence-electron chi connectivity index (χ4n) is 1.18. The van der Waals surface area contributed by atoms with Crippen molar-refractivity contribution in [2.75, 3.05) is 13.1 Å². The molecule has 0 saturated carbocycles. The van der Waals surface area contributed by atoms with Crippen molar-refractivity contribution in [2.24, 2.45) is 0 Å². The van der Waals surface area contributed by atoms with E-state index in [4.69, 9.17) is 0 Å². The lowest BCUT2D eigenvalue weighted by Gasteiger charge is -2.28. The average molecular weight is 189 g/mol. The van der Waals surface area contributed by atoms with Crippen molar-refractivity contribution in [2.45, 2.75) is 38.9 Å². The van der Waals surface area contributed by atoms with Crippen molar-refractivity contribution < 1.29 is 4.79 Å². The zero-order valence-electron chi connectivity index (χ0n) is 8.21. The molecule has 12 heavy (non-hydrogen) atoms. The van der Waals surface area contributed by atoms with Crippen molar-refractivity contribution >= 4 is 18.5 Å². The lowest BCUT2D eigenvalue weighted by atomic mass is 10.1. The van der Waals surface area contributed by atoms with Crippen LogP contribution in [0.1, 0.15) is 33.6 Å². The van der Waals surface area contributed by atoms with E-state index in [0.29, 0.717) is 5.25 Å². The Kier molecular flexibility index (Phi) is 6.25. The number of hydrogen-bond acceptors (Lipinski definition) is 2. The van der Waals surface area contributed by atoms with Gasteiger partial charge in [-0.2, -0.15) is 12.6 Å². The lowest BCUT2D eigenvalue weighted by Crippen LogP contribution is -2.37. The minimum Gasteiger partial charge on any atom is -0.343 e. The number of hydrogen-bond donors (Lipinski definition) is 1. The molecule has 1 aliphatic rings. The smallest absolute Gasteiger partial charge is 0.219 e. The van der Waals surface area contributed by atoms with Crippen LogP contribution in [-0.2, 0) is 4.79 Å². The maximum absolute atomic E-state index is 10.8. The number of likely N-dealkylation sites (tertiary alicyclic amines) is 1. The van der Waals surface area contributed by atoms with Crippen molar-refractivity contribution in [3.05, 3.63) is 0 Å². The minimum absolute atomic E-state index is 0.195. The van der Waals surface area contributed by atoms with Gasteiger partial charge in [0.05, 0.1) is 0 Å². The maximum Gasteiger partial charge on any atom is 0.219 e. The molecule has 2 nitrogen and oxygen atoms in total. The molecule has 1 aliphatic heterocycles. The third-order valence-electron chi connectivity index (χ3n) is 1.91. The van der Waals surface area contributed by atoms with Crippen LogP contribution in [0.4, 0.5) is 0 Å². The van der Waals surface area contributed by atoms with Gasteiger partial charge in [0.15, 0.2) is 0 Å². The fourth-order valence-corrected chi connectivity index (χ4v) is 1.41. The second-order valence-electron chi connectivity index (χ2n) is 2.74. The van der Waals surface area contributed by atoms with Gasteiger partial charge in [-0.25, -0.2) is 0 Å². The summed E-state index contributed by atoms with van der Waals surface area (Å²) >= 11 is 4.33. The molecule has 0 aromatic heterocycles. The highest BCUT2D eigenvalue weighted by atomic mass is 32.1. The van der Waals surface area contributed by atoms with E-state index in [2.05, 4.69) is 12.6 Å². The highest BCUT2D eigenvalue weighted by molar-refractivity contribution is 7.80. The Morgan fingerprint density at radius 3 is 2.08 bits per heavy atom. The van der Waals surface area contributed by atoms with E-state index in [1.54, 1.807) is 6.92 Å². The molecular weight excluding hydrogens is 170 g/mol. The second kappa shape index (κ2) is 6.35. The first-order chi connectivity index (χ1) is 5.70. The van der Waals surface area contributed by atoms with Crippen LogP contribution in [-0.4, -0.2) is 29.1 Å². The van der Waals surface area contributed by atoms with Gasteiger partial charge in [-0.05, 0) is 12.8 Å². The summed E-state index contributed by atoms with van der Waals surface area (Å²) in [5.41, 5.74) is 0. The number of thiol groups is 1. The van der Waals surface area contributed by atoms with Gasteiger partial charge in [-0.1, -0.05) is 13.8 Å². The second-order valence-corrected chi connectivity index (χ2v) is 3.47. The Morgan fingerprint density at radius 2 is 1.75 bits per heavy atom. The van der Waals surface area contributed by atoms with Crippen LogP contribution in [0.3, 0.4) is 0 Å². The number of carbonyl (C=O) groups excluding carboxylic acids is 1. The standard InChI is InChI=1S/C7H13NOS.C2H6/c1-6(9)8-4-2-7(10)3-5-8;1-2/h7,10H,2-5H2,1H3;1-2H3. The molecule has 0 aromatic rings. The monoisotopic (exact) mass is 189 g/mol. The summed E-state index contributed by atoms with van der Waals surface area (Å²) in [7, 11) is 0. The minimum atomic E-state index is 0.195. The number of rotatable bonds is 0. The van der Waals surface area contributed by atoms with Crippen LogP contribution in [0.25, 0.3) is 0 Å². The molecule has 0 radical (unpaired) electrons. The molecular formula is C9H19NOS. The predicted octanol–water partition coefficient (Wildman–Crippen LogP) is 1.95. The van der Waals surface area contributed by atoms with Gasteiger partial charge in [0.2, 0.25) is 5.91 Å². The molecule has 0 spiro atoms. The van der Waals surface area contributed by atoms with Crippen LogP contribution < -0.4 is 0 Å². The van der Waals surface area contributed by atoms with Crippen molar-refractivity contribution in [1.82, 2.24) is 4.90 Å². The van der Waals surface area contributed by atoms with Crippen LogP contribution in [0.5, 0.6) is 0 Å². The quantitative estimate of drug-likeness (QED) is 0.578. The van der Waals surface area contributed by atoms with Crippen LogP contribution in [0.15, 0.2) is 0 Å². The summed E-state index contributed by atoms with van der Waals surface area (Å²) in [6.45, 7) is 7.41. The van der Waals surface area contributed by atoms with Gasteiger partial charge in [-0.3, -0.25) is 4.79 Å². The Labute approximate surface area is 80.7 Å². The molecule has 1 rings (SSSR count). The first-order valence-electron chi connectivity index (χ1n) is 4.63. The number of piperidine rings is 1. The summed E-state index contributed by atoms with van der Waals surface area (Å²) < 4.78 is 0. The molecule has 0 atom stereocenters. The fraction of sp³-hybridized carbons (Fsp3) is 0.889. The lowest BCUT2D eigenvalue weighted by molar-refractivity contribution is -0.129. The molecule has 1 amide bonds. The molecule has 1 heterocycles. The van der Waals surface area contributed by atoms with Crippen LogP contribution >= 0.6 is 12.6 Å². The van der Waals surface area contributed by atoms with Gasteiger partial charge < -0.3 is 4.90 Å². The number of carbonyl (C=O) groups is 1. The van der Waals surface area contributed by atoms with Gasteiger partial charge in [-0.15, -0.1) is 0 Å². The first kappa shape index (κ1) is 11.8. The summed E-state index contributed by atoms with van der Waals surface area (Å²) in [5.74, 6) is 0.195. The Morgan fingerprint density at radius 1 is 1.33 bits per heavy atom. The van der Waals surface area contributed by atoms with Crippen molar-refractivity contribution in [3.63, 3.8) is 0 Å². The number of amides is 1. The average Bonchev–Trinajstić information content (AvgIpc) is 2.09. The molecule has 72 valence electrons. The van der Waals surface area contributed by atoms with Gasteiger partial charge in [0, 0.05) is 25.3 Å². The van der Waals surface area contributed by atoms with E-state index in [0.717, 1.165) is 25.9 Å². The predicted molar refractivity (Wildman–Crippen MR) is 55.6 cm³/mol. The van der Waals surface area contributed by atoms with Crippen molar-refractivity contribution in [3.8, 4) is 0 Å². The van der Waals surface area contributed by atoms with E-state index < -0.39 is 0 Å². The maximum atomic E-state index is 10.8. The summed E-state index contributed by atoms with van der Waals surface area (Å²) in [4.78, 5) is 12.7. The third-order valence-corrected chi connectivity index (χ3v) is 2.43. The molecule has 0 aliphatic carbocycles. The Hall–Kier alpha value is -0.180. The Balaban J connectivity index is 0.000000561. The zero-order valence-corrected chi connectivity index (χ0v) is 9.10. The SMILES string of the molecule is CC.CC(=O)N1CCC(S)CC1. The van der Waals surface area contributed by atoms with Gasteiger partial charge >= 0.3 is 0 Å². The molecule has 0 N–H and O–H groups in total. The Bertz CT molecular complexity index is 130. The highest BCUT2D eigenvalue weighted by Gasteiger charge is 2.17. The normalized spacial score (nSPS) is 18.2. The van der Waals surface area contributed by atoms with E-state index in [1.807, 2.05) is 18.7 Å². The zero-order chi connectivity index (χ0) is 9.56. The molecule has 1 fully saturated rings. The molecule has 0 bridgehead atoms. The van der Waals surface area contributed by atoms with Gasteiger partial charge in [0.1, 0.15) is 0 Å². The van der Waals surface area contributed by atoms with Crippen molar-refractivity contribution in [1.29, 1.82) is 0 Å². The summed E-state index contributed by atoms with van der Waals surface area (Å²) in [6.07, 6.45) is 2.09. The van der Waals surface area contributed by atoms with Gasteiger partial charge in [0.25, 0.3) is 0 Å².